The minimum absolute atomic E-state index is 0.195. The van der Waals surface area contributed by atoms with Crippen LogP contribution >= 0.6 is 0 Å². The normalized spacial score (nSPS) is 14.0. The summed E-state index contributed by atoms with van der Waals surface area (Å²) < 4.78 is 0. The number of aliphatic hydroxyl groups is 1. The Morgan fingerprint density at radius 3 is 2.12 bits per heavy atom. The van der Waals surface area contributed by atoms with Crippen LogP contribution in [0.2, 0.25) is 0 Å². The predicted octanol–water partition coefficient (Wildman–Crippen LogP) is 5.19. The van der Waals surface area contributed by atoms with Gasteiger partial charge in [0.1, 0.15) is 0 Å². The van der Waals surface area contributed by atoms with Gasteiger partial charge in [-0.25, -0.2) is 9.97 Å². The first-order chi connectivity index (χ1) is 16.4. The number of unbranched alkanes of at least 4 members (excludes halogenated alkanes) is 1. The standard InChI is InChI=1S/C28H33N3O3/c1-19-8-12-21(13-9-19)26-27(22-14-10-20(2)11-15-22)30-28-24(29-26)7-5-17-31(28)16-4-3-6-23(32)18-25(33)34/h8-15,23,32H,3-7,16-18H2,1-2H3,(H,33,34)/t23-/m0/s1. The molecule has 0 amide bonds. The average molecular weight is 460 g/mol. The lowest BCUT2D eigenvalue weighted by Crippen LogP contribution is -2.32. The van der Waals surface area contributed by atoms with Crippen molar-refractivity contribution in [2.75, 3.05) is 18.0 Å². The highest BCUT2D eigenvalue weighted by molar-refractivity contribution is 5.79. The fourth-order valence-electron chi connectivity index (χ4n) is 4.45. The Kier molecular flexibility index (Phi) is 7.58. The van der Waals surface area contributed by atoms with E-state index in [1.165, 1.54) is 11.1 Å². The summed E-state index contributed by atoms with van der Waals surface area (Å²) in [5, 5.41) is 18.7. The first kappa shape index (κ1) is 23.9. The Labute approximate surface area is 201 Å². The summed E-state index contributed by atoms with van der Waals surface area (Å²) in [4.78, 5) is 23.4. The molecule has 0 fully saturated rings. The van der Waals surface area contributed by atoms with Crippen LogP contribution in [0.15, 0.2) is 48.5 Å². The summed E-state index contributed by atoms with van der Waals surface area (Å²) in [6, 6.07) is 16.9. The van der Waals surface area contributed by atoms with Gasteiger partial charge in [-0.3, -0.25) is 4.79 Å². The van der Waals surface area contributed by atoms with Crippen molar-refractivity contribution in [2.45, 2.75) is 58.5 Å². The highest BCUT2D eigenvalue weighted by Gasteiger charge is 2.23. The molecule has 2 aromatic carbocycles. The molecule has 178 valence electrons. The van der Waals surface area contributed by atoms with Gasteiger partial charge in [0.15, 0.2) is 5.82 Å². The van der Waals surface area contributed by atoms with Crippen molar-refractivity contribution < 1.29 is 15.0 Å². The molecule has 0 saturated heterocycles. The third kappa shape index (κ3) is 5.81. The van der Waals surface area contributed by atoms with Gasteiger partial charge in [0.2, 0.25) is 0 Å². The molecule has 0 spiro atoms. The minimum atomic E-state index is -0.958. The summed E-state index contributed by atoms with van der Waals surface area (Å²) >= 11 is 0. The Bertz CT molecular complexity index is 1130. The van der Waals surface area contributed by atoms with E-state index in [1.54, 1.807) is 0 Å². The first-order valence-electron chi connectivity index (χ1n) is 12.1. The summed E-state index contributed by atoms with van der Waals surface area (Å²) in [5.41, 5.74) is 7.39. The number of nitrogens with zero attached hydrogens (tertiary/aromatic N) is 3. The maximum Gasteiger partial charge on any atom is 0.305 e. The van der Waals surface area contributed by atoms with E-state index in [-0.39, 0.29) is 6.42 Å². The van der Waals surface area contributed by atoms with Crippen molar-refractivity contribution in [1.29, 1.82) is 0 Å². The molecule has 1 aliphatic rings. The number of aliphatic hydroxyl groups excluding tert-OH is 1. The number of carbonyl (C=O) groups is 1. The van der Waals surface area contributed by atoms with Crippen molar-refractivity contribution >= 4 is 11.8 Å². The van der Waals surface area contributed by atoms with E-state index in [2.05, 4.69) is 67.3 Å². The number of hydrogen-bond donors (Lipinski definition) is 2. The number of carboxylic acids is 1. The molecule has 0 saturated carbocycles. The van der Waals surface area contributed by atoms with Crippen LogP contribution in [0.3, 0.4) is 0 Å². The molecule has 4 rings (SSSR count). The largest absolute Gasteiger partial charge is 0.481 e. The Hall–Kier alpha value is -3.25. The number of aryl methyl sites for hydroxylation is 3. The number of fused-ring (bicyclic) bond motifs is 1. The van der Waals surface area contributed by atoms with Crippen molar-refractivity contribution in [3.05, 3.63) is 65.4 Å². The van der Waals surface area contributed by atoms with E-state index in [9.17, 15) is 9.90 Å². The van der Waals surface area contributed by atoms with Crippen molar-refractivity contribution in [1.82, 2.24) is 9.97 Å². The van der Waals surface area contributed by atoms with Gasteiger partial charge in [-0.15, -0.1) is 0 Å². The van der Waals surface area contributed by atoms with Gasteiger partial charge in [0.25, 0.3) is 0 Å². The van der Waals surface area contributed by atoms with Gasteiger partial charge in [0.05, 0.1) is 29.6 Å². The highest BCUT2D eigenvalue weighted by Crippen LogP contribution is 2.35. The third-order valence-electron chi connectivity index (χ3n) is 6.36. The van der Waals surface area contributed by atoms with Crippen LogP contribution in [0.1, 0.15) is 48.9 Å². The second kappa shape index (κ2) is 10.8. The number of benzene rings is 2. The van der Waals surface area contributed by atoms with Crippen LogP contribution < -0.4 is 4.90 Å². The molecule has 0 radical (unpaired) electrons. The van der Waals surface area contributed by atoms with E-state index in [1.807, 2.05) is 0 Å². The second-order valence-corrected chi connectivity index (χ2v) is 9.26. The number of rotatable bonds is 9. The molecule has 6 nitrogen and oxygen atoms in total. The Balaban J connectivity index is 1.61. The molecule has 2 N–H and O–H groups in total. The first-order valence-corrected chi connectivity index (χ1v) is 12.1. The summed E-state index contributed by atoms with van der Waals surface area (Å²) in [5.74, 6) is -0.00970. The molecule has 0 unspecified atom stereocenters. The second-order valence-electron chi connectivity index (χ2n) is 9.26. The zero-order valence-electron chi connectivity index (χ0n) is 20.0. The molecule has 6 heteroatoms. The van der Waals surface area contributed by atoms with Gasteiger partial charge in [-0.05, 0) is 46.0 Å². The quantitative estimate of drug-likeness (QED) is 0.429. The molecule has 0 bridgehead atoms. The number of carboxylic acid groups (broad SMARTS) is 1. The van der Waals surface area contributed by atoms with Crippen molar-refractivity contribution in [3.63, 3.8) is 0 Å². The van der Waals surface area contributed by atoms with Crippen LogP contribution in [-0.4, -0.2) is 45.3 Å². The van der Waals surface area contributed by atoms with Gasteiger partial charge in [-0.1, -0.05) is 59.7 Å². The number of aliphatic carboxylic acids is 1. The topological polar surface area (TPSA) is 86.5 Å². The Morgan fingerprint density at radius 2 is 1.53 bits per heavy atom. The maximum atomic E-state index is 10.8. The van der Waals surface area contributed by atoms with E-state index >= 15 is 0 Å². The lowest BCUT2D eigenvalue weighted by atomic mass is 10.0. The van der Waals surface area contributed by atoms with E-state index in [0.717, 1.165) is 72.8 Å². The van der Waals surface area contributed by atoms with Crippen LogP contribution in [0.5, 0.6) is 0 Å². The SMILES string of the molecule is Cc1ccc(-c2nc3c(nc2-c2ccc(C)cc2)N(CCCC[C@H](O)CC(=O)O)CCC3)cc1. The van der Waals surface area contributed by atoms with Crippen LogP contribution in [0, 0.1) is 13.8 Å². The minimum Gasteiger partial charge on any atom is -0.481 e. The van der Waals surface area contributed by atoms with Gasteiger partial charge >= 0.3 is 5.97 Å². The molecule has 1 aromatic heterocycles. The monoisotopic (exact) mass is 459 g/mol. The zero-order chi connectivity index (χ0) is 24.1. The fourth-order valence-corrected chi connectivity index (χ4v) is 4.45. The molecule has 2 heterocycles. The maximum absolute atomic E-state index is 10.8. The van der Waals surface area contributed by atoms with E-state index in [4.69, 9.17) is 15.1 Å². The molecule has 34 heavy (non-hydrogen) atoms. The number of hydrogen-bond acceptors (Lipinski definition) is 5. The van der Waals surface area contributed by atoms with Crippen LogP contribution in [-0.2, 0) is 11.2 Å². The third-order valence-corrected chi connectivity index (χ3v) is 6.36. The lowest BCUT2D eigenvalue weighted by molar-refractivity contribution is -0.139. The van der Waals surface area contributed by atoms with Crippen LogP contribution in [0.4, 0.5) is 5.82 Å². The van der Waals surface area contributed by atoms with Crippen molar-refractivity contribution in [3.8, 4) is 22.5 Å². The van der Waals surface area contributed by atoms with Crippen molar-refractivity contribution in [2.24, 2.45) is 0 Å². The number of aromatic nitrogens is 2. The summed E-state index contributed by atoms with van der Waals surface area (Å²) in [6.45, 7) is 5.91. The van der Waals surface area contributed by atoms with E-state index < -0.39 is 12.1 Å². The summed E-state index contributed by atoms with van der Waals surface area (Å²) in [6.07, 6.45) is 3.11. The molecular weight excluding hydrogens is 426 g/mol. The molecule has 3 aromatic rings. The zero-order valence-corrected chi connectivity index (χ0v) is 20.0. The van der Waals surface area contributed by atoms with Gasteiger partial charge < -0.3 is 15.1 Å². The number of anilines is 1. The predicted molar refractivity (Wildman–Crippen MR) is 135 cm³/mol. The fraction of sp³-hybridized carbons (Fsp3) is 0.393. The molecule has 1 atom stereocenters. The summed E-state index contributed by atoms with van der Waals surface area (Å²) in [7, 11) is 0. The van der Waals surface area contributed by atoms with Crippen LogP contribution in [0.25, 0.3) is 22.5 Å². The lowest BCUT2D eigenvalue weighted by Gasteiger charge is -2.30. The molecule has 0 aliphatic carbocycles. The Morgan fingerprint density at radius 1 is 0.941 bits per heavy atom. The smallest absolute Gasteiger partial charge is 0.305 e. The van der Waals surface area contributed by atoms with Gasteiger partial charge in [-0.2, -0.15) is 0 Å². The molecule has 1 aliphatic heterocycles. The highest BCUT2D eigenvalue weighted by atomic mass is 16.4. The van der Waals surface area contributed by atoms with Gasteiger partial charge in [0, 0.05) is 24.2 Å². The van der Waals surface area contributed by atoms with E-state index in [0.29, 0.717) is 6.42 Å². The molecular formula is C28H33N3O3. The average Bonchev–Trinajstić information content (AvgIpc) is 2.82.